The van der Waals surface area contributed by atoms with Crippen LogP contribution in [0.25, 0.3) is 0 Å². The van der Waals surface area contributed by atoms with Crippen molar-refractivity contribution in [2.75, 3.05) is 11.5 Å². The van der Waals surface area contributed by atoms with Crippen LogP contribution in [0, 0.1) is 0 Å². The van der Waals surface area contributed by atoms with Gasteiger partial charge in [-0.2, -0.15) is 4.98 Å². The second kappa shape index (κ2) is 2.02. The number of nitrogens with two attached hydrogens (primary N) is 2. The monoisotopic (exact) mass is 141 g/mol. The van der Waals surface area contributed by atoms with Crippen molar-refractivity contribution < 1.29 is 0 Å². The van der Waals surface area contributed by atoms with E-state index in [2.05, 4.69) is 22.6 Å². The summed E-state index contributed by atoms with van der Waals surface area (Å²) in [6.07, 6.45) is 0. The van der Waals surface area contributed by atoms with Gasteiger partial charge in [0.25, 0.3) is 0 Å². The summed E-state index contributed by atoms with van der Waals surface area (Å²) >= 11 is 4.68. The summed E-state index contributed by atoms with van der Waals surface area (Å²) in [6.45, 7) is 0. The quantitative estimate of drug-likeness (QED) is 0.378. The van der Waals surface area contributed by atoms with E-state index in [0.717, 1.165) is 0 Å². The van der Waals surface area contributed by atoms with E-state index in [-0.39, 0.29) is 5.95 Å². The van der Waals surface area contributed by atoms with Crippen molar-refractivity contribution in [1.82, 2.24) is 9.97 Å². The fourth-order valence-electron chi connectivity index (χ4n) is 0.461. The second-order valence-corrected chi connectivity index (χ2v) is 1.91. The molecule has 0 bridgehead atoms. The van der Waals surface area contributed by atoms with Crippen LogP contribution in [0.5, 0.6) is 0 Å². The molecule has 0 fully saturated rings. The molecule has 1 aromatic heterocycles. The second-order valence-electron chi connectivity index (χ2n) is 1.49. The number of rotatable bonds is 0. The van der Waals surface area contributed by atoms with Gasteiger partial charge in [-0.1, -0.05) is 5.03 Å². The smallest absolute Gasteiger partial charge is 0.220 e. The van der Waals surface area contributed by atoms with Crippen LogP contribution >= 0.6 is 0 Å². The van der Waals surface area contributed by atoms with Gasteiger partial charge in [0.2, 0.25) is 5.95 Å². The molecule has 0 aromatic carbocycles. The van der Waals surface area contributed by atoms with Gasteiger partial charge in [0.05, 0.1) is 0 Å². The van der Waals surface area contributed by atoms with Crippen LogP contribution in [0.15, 0.2) is 11.1 Å². The molecule has 48 valence electrons. The summed E-state index contributed by atoms with van der Waals surface area (Å²) in [4.78, 5) is 7.25. The summed E-state index contributed by atoms with van der Waals surface area (Å²) in [5.41, 5.74) is 10.5. The summed E-state index contributed by atoms with van der Waals surface area (Å²) < 4.78 is 0. The van der Waals surface area contributed by atoms with E-state index in [4.69, 9.17) is 11.5 Å². The molecule has 5 heteroatoms. The fraction of sp³-hybridized carbons (Fsp3) is 0. The fourth-order valence-corrected chi connectivity index (χ4v) is 0.676. The van der Waals surface area contributed by atoms with Gasteiger partial charge in [0.1, 0.15) is 5.82 Å². The molecule has 0 atom stereocenters. The Kier molecular flexibility index (Phi) is 1.35. The molecule has 0 radical (unpaired) electrons. The topological polar surface area (TPSA) is 77.8 Å². The van der Waals surface area contributed by atoms with Crippen molar-refractivity contribution in [2.45, 2.75) is 5.03 Å². The van der Waals surface area contributed by atoms with Crippen molar-refractivity contribution >= 4 is 24.4 Å². The average molecular weight is 141 g/mol. The molecule has 0 amide bonds. The first-order valence-corrected chi connectivity index (χ1v) is 2.66. The molecule has 1 aromatic rings. The minimum absolute atomic E-state index is 0.125. The number of hydrogen-bond acceptors (Lipinski definition) is 5. The lowest BCUT2D eigenvalue weighted by atomic mass is 10.6. The van der Waals surface area contributed by atoms with E-state index in [1.54, 1.807) is 0 Å². The molecule has 0 spiro atoms. The van der Waals surface area contributed by atoms with Gasteiger partial charge in [-0.3, -0.25) is 0 Å². The van der Waals surface area contributed by atoms with Crippen molar-refractivity contribution in [2.24, 2.45) is 0 Å². The van der Waals surface area contributed by atoms with Crippen molar-refractivity contribution in [3.63, 3.8) is 0 Å². The Morgan fingerprint density at radius 1 is 1.33 bits per heavy atom. The van der Waals surface area contributed by atoms with Gasteiger partial charge in [-0.05, 0) is 6.07 Å². The first kappa shape index (κ1) is 6.03. The maximum Gasteiger partial charge on any atom is 0.220 e. The lowest BCUT2D eigenvalue weighted by Crippen LogP contribution is -1.99. The highest BCUT2D eigenvalue weighted by Crippen LogP contribution is 2.01. The molecule has 1 rings (SSSR count). The first-order chi connectivity index (χ1) is 4.18. The van der Waals surface area contributed by atoms with Gasteiger partial charge in [-0.25, -0.2) is 4.98 Å². The third-order valence-corrected chi connectivity index (χ3v) is 0.949. The third-order valence-electron chi connectivity index (χ3n) is 0.740. The molecule has 9 heavy (non-hydrogen) atoms. The summed E-state index contributed by atoms with van der Waals surface area (Å²) in [6, 6.07) is 1.48. The zero-order chi connectivity index (χ0) is 6.85. The largest absolute Gasteiger partial charge is 0.760 e. The Morgan fingerprint density at radius 2 is 2.00 bits per heavy atom. The van der Waals surface area contributed by atoms with E-state index in [9.17, 15) is 0 Å². The van der Waals surface area contributed by atoms with Crippen LogP contribution in [0.2, 0.25) is 0 Å². The number of nitrogen functional groups attached to an aromatic ring is 2. The molecule has 1 heterocycles. The van der Waals surface area contributed by atoms with Crippen LogP contribution < -0.4 is 11.5 Å². The summed E-state index contributed by atoms with van der Waals surface area (Å²) in [7, 11) is 0. The number of aromatic nitrogens is 2. The number of nitrogens with zero attached hydrogens (tertiary/aromatic N) is 2. The Balaban J connectivity index is 3.17. The summed E-state index contributed by atoms with van der Waals surface area (Å²) in [5, 5.41) is 0.375. The van der Waals surface area contributed by atoms with Crippen molar-refractivity contribution in [3.05, 3.63) is 6.07 Å². The Labute approximate surface area is 57.7 Å². The Morgan fingerprint density at radius 3 is 2.44 bits per heavy atom. The molecule has 4 nitrogen and oxygen atoms in total. The van der Waals surface area contributed by atoms with Crippen LogP contribution in [0.4, 0.5) is 11.8 Å². The molecule has 4 N–H and O–H groups in total. The number of anilines is 2. The predicted molar refractivity (Wildman–Crippen MR) is 36.5 cm³/mol. The van der Waals surface area contributed by atoms with E-state index < -0.39 is 0 Å². The van der Waals surface area contributed by atoms with E-state index in [1.165, 1.54) is 6.07 Å². The van der Waals surface area contributed by atoms with E-state index >= 15 is 0 Å². The Hall–Kier alpha value is -1.10. The van der Waals surface area contributed by atoms with Gasteiger partial charge < -0.3 is 24.1 Å². The van der Waals surface area contributed by atoms with Crippen molar-refractivity contribution in [3.8, 4) is 0 Å². The highest BCUT2D eigenvalue weighted by Gasteiger charge is 1.87. The molecule has 0 aliphatic carbocycles. The van der Waals surface area contributed by atoms with Crippen LogP contribution in [-0.2, 0) is 12.6 Å². The van der Waals surface area contributed by atoms with Gasteiger partial charge in [0, 0.05) is 0 Å². The zero-order valence-corrected chi connectivity index (χ0v) is 5.35. The predicted octanol–water partition coefficient (Wildman–Crippen LogP) is -0.453. The van der Waals surface area contributed by atoms with Gasteiger partial charge in [-0.15, -0.1) is 0 Å². The zero-order valence-electron chi connectivity index (χ0n) is 4.53. The van der Waals surface area contributed by atoms with Crippen LogP contribution in [-0.4, -0.2) is 9.97 Å². The number of hydrogen-bond donors (Lipinski definition) is 2. The van der Waals surface area contributed by atoms with Crippen LogP contribution in [0.3, 0.4) is 0 Å². The molecule has 0 aliphatic rings. The minimum atomic E-state index is 0.125. The molecule has 0 unspecified atom stereocenters. The Bertz CT molecular complexity index is 173. The molecular formula is C4H5N4S-. The standard InChI is InChI=1S/C4H6N4S/c5-2-1-3(9)8-4(6)7-2/h1H,(H5,5,6,7,8,9)/p-1. The molecule has 0 saturated heterocycles. The van der Waals surface area contributed by atoms with E-state index in [0.29, 0.717) is 10.8 Å². The average Bonchev–Trinajstić information content (AvgIpc) is 1.59. The first-order valence-electron chi connectivity index (χ1n) is 2.25. The highest BCUT2D eigenvalue weighted by molar-refractivity contribution is 7.58. The lowest BCUT2D eigenvalue weighted by molar-refractivity contribution is 1.08. The van der Waals surface area contributed by atoms with Crippen LogP contribution in [0.1, 0.15) is 0 Å². The maximum absolute atomic E-state index is 5.26. The van der Waals surface area contributed by atoms with Gasteiger partial charge >= 0.3 is 0 Å². The normalized spacial score (nSPS) is 9.33. The molecule has 0 aliphatic heterocycles. The lowest BCUT2D eigenvalue weighted by Gasteiger charge is -2.03. The third kappa shape index (κ3) is 1.39. The molecule has 0 saturated carbocycles. The maximum atomic E-state index is 5.26. The van der Waals surface area contributed by atoms with Crippen molar-refractivity contribution in [1.29, 1.82) is 0 Å². The van der Waals surface area contributed by atoms with E-state index in [1.807, 2.05) is 0 Å². The highest BCUT2D eigenvalue weighted by atomic mass is 32.1. The minimum Gasteiger partial charge on any atom is -0.760 e. The van der Waals surface area contributed by atoms with Gasteiger partial charge in [0.15, 0.2) is 0 Å². The molecular weight excluding hydrogens is 136 g/mol. The SMILES string of the molecule is Nc1cc([S-])nc(N)n1. The summed E-state index contributed by atoms with van der Waals surface area (Å²) in [5.74, 6) is 0.438.